The first-order valence-corrected chi connectivity index (χ1v) is 5.77. The van der Waals surface area contributed by atoms with Crippen molar-refractivity contribution in [2.75, 3.05) is 0 Å². The fourth-order valence-corrected chi connectivity index (χ4v) is 1.90. The maximum atomic E-state index is 13.0. The molecule has 1 atom stereocenters. The van der Waals surface area contributed by atoms with E-state index in [2.05, 4.69) is 4.98 Å². The molecular formula is C13H15F2N3. The molecule has 18 heavy (non-hydrogen) atoms. The van der Waals surface area contributed by atoms with Gasteiger partial charge in [0.1, 0.15) is 11.6 Å². The highest BCUT2D eigenvalue weighted by Gasteiger charge is 2.07. The molecule has 0 aliphatic rings. The summed E-state index contributed by atoms with van der Waals surface area (Å²) in [6, 6.07) is 3.43. The van der Waals surface area contributed by atoms with E-state index in [-0.39, 0.29) is 6.04 Å². The third-order valence-electron chi connectivity index (χ3n) is 2.77. The molecule has 0 amide bonds. The topological polar surface area (TPSA) is 43.8 Å². The van der Waals surface area contributed by atoms with Crippen LogP contribution in [0.3, 0.4) is 0 Å². The molecule has 1 heterocycles. The maximum Gasteiger partial charge on any atom is 0.126 e. The van der Waals surface area contributed by atoms with Gasteiger partial charge in [0.25, 0.3) is 0 Å². The number of halogens is 2. The van der Waals surface area contributed by atoms with Crippen LogP contribution in [-0.2, 0) is 13.0 Å². The average molecular weight is 251 g/mol. The summed E-state index contributed by atoms with van der Waals surface area (Å²) in [5.74, 6) is -1.11. The van der Waals surface area contributed by atoms with Crippen LogP contribution < -0.4 is 5.73 Å². The number of aromatic nitrogens is 2. The van der Waals surface area contributed by atoms with E-state index < -0.39 is 11.6 Å². The lowest BCUT2D eigenvalue weighted by molar-refractivity contribution is 0.573. The Hall–Kier alpha value is -1.75. The molecule has 0 spiro atoms. The van der Waals surface area contributed by atoms with Gasteiger partial charge < -0.3 is 10.3 Å². The monoisotopic (exact) mass is 251 g/mol. The summed E-state index contributed by atoms with van der Waals surface area (Å²) in [6.45, 7) is 2.47. The van der Waals surface area contributed by atoms with Crippen molar-refractivity contribution in [1.29, 1.82) is 0 Å². The molecule has 2 rings (SSSR count). The van der Waals surface area contributed by atoms with Gasteiger partial charge in [0, 0.05) is 24.8 Å². The average Bonchev–Trinajstić information content (AvgIpc) is 2.73. The molecule has 0 saturated carbocycles. The minimum atomic E-state index is -0.553. The molecule has 5 heteroatoms. The number of nitrogens with two attached hydrogens (primary N) is 1. The molecule has 0 saturated heterocycles. The molecule has 2 aromatic rings. The lowest BCUT2D eigenvalue weighted by Crippen LogP contribution is -2.12. The van der Waals surface area contributed by atoms with Crippen LogP contribution in [0.2, 0.25) is 0 Å². The molecule has 0 unspecified atom stereocenters. The van der Waals surface area contributed by atoms with Crippen molar-refractivity contribution in [3.8, 4) is 0 Å². The Morgan fingerprint density at radius 1 is 1.28 bits per heavy atom. The van der Waals surface area contributed by atoms with Gasteiger partial charge in [-0.3, -0.25) is 0 Å². The van der Waals surface area contributed by atoms with Crippen LogP contribution in [0.15, 0.2) is 30.7 Å². The first kappa shape index (κ1) is 12.7. The van der Waals surface area contributed by atoms with Gasteiger partial charge in [0.2, 0.25) is 0 Å². The predicted octanol–water partition coefficient (Wildman–Crippen LogP) is 2.42. The van der Waals surface area contributed by atoms with Crippen molar-refractivity contribution in [2.24, 2.45) is 5.73 Å². The molecule has 0 bridgehead atoms. The van der Waals surface area contributed by atoms with Crippen LogP contribution in [-0.4, -0.2) is 9.55 Å². The standard InChI is InChI=1S/C13H15F2N3/c1-9(16)13-7-17-8-18(13)3-2-10-4-11(14)6-12(15)5-10/h4-9H,2-3,16H2,1H3/t9-/m0/s1. The number of nitrogens with zero attached hydrogens (tertiary/aromatic N) is 2. The van der Waals surface area contributed by atoms with E-state index in [0.717, 1.165) is 11.8 Å². The molecule has 1 aromatic carbocycles. The largest absolute Gasteiger partial charge is 0.333 e. The maximum absolute atomic E-state index is 13.0. The number of benzene rings is 1. The fourth-order valence-electron chi connectivity index (χ4n) is 1.90. The Morgan fingerprint density at radius 3 is 2.56 bits per heavy atom. The Bertz CT molecular complexity index is 515. The molecule has 0 fully saturated rings. The zero-order valence-corrected chi connectivity index (χ0v) is 10.1. The van der Waals surface area contributed by atoms with Crippen molar-refractivity contribution in [1.82, 2.24) is 9.55 Å². The SMILES string of the molecule is C[C@H](N)c1cncn1CCc1cc(F)cc(F)c1. The highest BCUT2D eigenvalue weighted by molar-refractivity contribution is 5.18. The van der Waals surface area contributed by atoms with Gasteiger partial charge in [-0.1, -0.05) is 0 Å². The second-order valence-corrected chi connectivity index (χ2v) is 4.33. The molecule has 3 nitrogen and oxygen atoms in total. The highest BCUT2D eigenvalue weighted by atomic mass is 19.1. The van der Waals surface area contributed by atoms with Crippen LogP contribution in [0.25, 0.3) is 0 Å². The van der Waals surface area contributed by atoms with Gasteiger partial charge in [-0.05, 0) is 31.0 Å². The van der Waals surface area contributed by atoms with Crippen LogP contribution in [0.5, 0.6) is 0 Å². The molecule has 0 aliphatic heterocycles. The Morgan fingerprint density at radius 2 is 1.94 bits per heavy atom. The van der Waals surface area contributed by atoms with Crippen molar-refractivity contribution in [2.45, 2.75) is 25.9 Å². The quantitative estimate of drug-likeness (QED) is 0.907. The smallest absolute Gasteiger partial charge is 0.126 e. The minimum absolute atomic E-state index is 0.114. The van der Waals surface area contributed by atoms with Gasteiger partial charge in [-0.25, -0.2) is 13.8 Å². The Balaban J connectivity index is 2.09. The minimum Gasteiger partial charge on any atom is -0.333 e. The lowest BCUT2D eigenvalue weighted by Gasteiger charge is -2.10. The van der Waals surface area contributed by atoms with Crippen LogP contribution >= 0.6 is 0 Å². The summed E-state index contributed by atoms with van der Waals surface area (Å²) in [4.78, 5) is 4.03. The number of imidazole rings is 1. The summed E-state index contributed by atoms with van der Waals surface area (Å²) in [7, 11) is 0. The van der Waals surface area contributed by atoms with E-state index in [9.17, 15) is 8.78 Å². The number of hydrogen-bond acceptors (Lipinski definition) is 2. The third-order valence-corrected chi connectivity index (χ3v) is 2.77. The molecule has 0 aliphatic carbocycles. The highest BCUT2D eigenvalue weighted by Crippen LogP contribution is 2.12. The molecule has 0 radical (unpaired) electrons. The van der Waals surface area contributed by atoms with Crippen molar-refractivity contribution >= 4 is 0 Å². The summed E-state index contributed by atoms with van der Waals surface area (Å²) in [6.07, 6.45) is 3.91. The molecule has 2 N–H and O–H groups in total. The number of rotatable bonds is 4. The van der Waals surface area contributed by atoms with Crippen molar-refractivity contribution in [3.63, 3.8) is 0 Å². The Labute approximate surface area is 104 Å². The van der Waals surface area contributed by atoms with Gasteiger partial charge in [-0.2, -0.15) is 0 Å². The van der Waals surface area contributed by atoms with Gasteiger partial charge >= 0.3 is 0 Å². The second-order valence-electron chi connectivity index (χ2n) is 4.33. The van der Waals surface area contributed by atoms with Crippen LogP contribution in [0.1, 0.15) is 24.2 Å². The Kier molecular flexibility index (Phi) is 3.72. The van der Waals surface area contributed by atoms with Crippen molar-refractivity contribution < 1.29 is 8.78 Å². The van der Waals surface area contributed by atoms with Crippen LogP contribution in [0, 0.1) is 11.6 Å². The second kappa shape index (κ2) is 5.27. The normalized spacial score (nSPS) is 12.7. The summed E-state index contributed by atoms with van der Waals surface area (Å²) < 4.78 is 27.9. The number of aryl methyl sites for hydroxylation is 2. The summed E-state index contributed by atoms with van der Waals surface area (Å²) >= 11 is 0. The van der Waals surface area contributed by atoms with E-state index in [0.29, 0.717) is 18.5 Å². The van der Waals surface area contributed by atoms with E-state index in [1.54, 1.807) is 12.5 Å². The van der Waals surface area contributed by atoms with Gasteiger partial charge in [0.15, 0.2) is 0 Å². The fraction of sp³-hybridized carbons (Fsp3) is 0.308. The molecule has 1 aromatic heterocycles. The summed E-state index contributed by atoms with van der Waals surface area (Å²) in [5.41, 5.74) is 7.33. The number of hydrogen-bond donors (Lipinski definition) is 1. The van der Waals surface area contributed by atoms with Crippen molar-refractivity contribution in [3.05, 3.63) is 53.6 Å². The first-order chi connectivity index (χ1) is 8.56. The zero-order chi connectivity index (χ0) is 13.1. The third kappa shape index (κ3) is 2.92. The summed E-state index contributed by atoms with van der Waals surface area (Å²) in [5, 5.41) is 0. The van der Waals surface area contributed by atoms with E-state index in [1.165, 1.54) is 12.1 Å². The van der Waals surface area contributed by atoms with E-state index >= 15 is 0 Å². The van der Waals surface area contributed by atoms with Gasteiger partial charge in [0.05, 0.1) is 12.0 Å². The van der Waals surface area contributed by atoms with E-state index in [4.69, 9.17) is 5.73 Å². The van der Waals surface area contributed by atoms with Gasteiger partial charge in [-0.15, -0.1) is 0 Å². The zero-order valence-electron chi connectivity index (χ0n) is 10.1. The lowest BCUT2D eigenvalue weighted by atomic mass is 10.1. The predicted molar refractivity (Wildman–Crippen MR) is 64.9 cm³/mol. The molecular weight excluding hydrogens is 236 g/mol. The first-order valence-electron chi connectivity index (χ1n) is 5.77. The van der Waals surface area contributed by atoms with E-state index in [1.807, 2.05) is 11.5 Å². The van der Waals surface area contributed by atoms with Crippen LogP contribution in [0.4, 0.5) is 8.78 Å². The molecule has 96 valence electrons.